The minimum Gasteiger partial charge on any atom is -0.744 e. The fourth-order valence-electron chi connectivity index (χ4n) is 3.07. The molecule has 0 bridgehead atoms. The van der Waals surface area contributed by atoms with Crippen LogP contribution in [0.15, 0.2) is 81.9 Å². The van der Waals surface area contributed by atoms with Crippen molar-refractivity contribution in [2.75, 3.05) is 0 Å². The molecule has 7 nitrogen and oxygen atoms in total. The zero-order valence-electron chi connectivity index (χ0n) is 15.3. The van der Waals surface area contributed by atoms with Crippen molar-refractivity contribution in [2.45, 2.75) is 12.3 Å². The van der Waals surface area contributed by atoms with Gasteiger partial charge in [0.2, 0.25) is 0 Å². The van der Waals surface area contributed by atoms with Gasteiger partial charge in [-0.05, 0) is 11.5 Å². The number of phenols is 2. The first kappa shape index (κ1) is 23.8. The molecule has 0 heterocycles. The van der Waals surface area contributed by atoms with E-state index >= 15 is 0 Å². The first-order chi connectivity index (χ1) is 13.4. The molecule has 30 heavy (non-hydrogen) atoms. The third-order valence-corrected chi connectivity index (χ3v) is 5.23. The summed E-state index contributed by atoms with van der Waals surface area (Å²) < 4.78 is 34.6. The van der Waals surface area contributed by atoms with Gasteiger partial charge in [0.25, 0.3) is 0 Å². The summed E-state index contributed by atoms with van der Waals surface area (Å²) in [6.45, 7) is 0. The van der Waals surface area contributed by atoms with Crippen LogP contribution in [0.5, 0.6) is 11.5 Å². The maximum absolute atomic E-state index is 11.5. The summed E-state index contributed by atoms with van der Waals surface area (Å²) >= 11 is 0. The number of rotatable bonds is 3. The normalized spacial score (nSPS) is 11.4. The molecule has 0 aliphatic heterocycles. The number of nitrogens with zero attached hydrogens (tertiary/aromatic N) is 2. The van der Waals surface area contributed by atoms with Crippen LogP contribution in [0.25, 0.3) is 21.5 Å². The van der Waals surface area contributed by atoms with Crippen molar-refractivity contribution in [3.8, 4) is 11.5 Å². The van der Waals surface area contributed by atoms with Gasteiger partial charge in [0.1, 0.15) is 33.0 Å². The maximum Gasteiger partial charge on any atom is 1.00 e. The Bertz CT molecular complexity index is 1370. The van der Waals surface area contributed by atoms with Crippen LogP contribution in [-0.4, -0.2) is 23.2 Å². The molecule has 2 N–H and O–H groups in total. The standard InChI is InChI=1S/C20H14N2O5S.CH4.Na/c23-16-10-9-12-5-1-2-6-13(12)19(16)21-22-20-15-8-4-3-7-14(15)18(11-17(20)24)28(25,26)27;;/h1-11,23-24H,(H,25,26,27);1H4;/q;;+1/p-1. The molecule has 0 saturated carbocycles. The van der Waals surface area contributed by atoms with Crippen LogP contribution in [0.3, 0.4) is 0 Å². The molecule has 4 rings (SSSR count). The van der Waals surface area contributed by atoms with E-state index in [1.807, 2.05) is 12.1 Å². The second-order valence-corrected chi connectivity index (χ2v) is 7.44. The Hall–Kier alpha value is -2.49. The average Bonchev–Trinajstić information content (AvgIpc) is 2.67. The van der Waals surface area contributed by atoms with E-state index in [0.29, 0.717) is 5.39 Å². The number of hydrogen-bond donors (Lipinski definition) is 2. The third-order valence-electron chi connectivity index (χ3n) is 4.36. The molecule has 0 aromatic heterocycles. The minimum atomic E-state index is -4.79. The van der Waals surface area contributed by atoms with Crippen LogP contribution in [-0.2, 0) is 10.1 Å². The van der Waals surface area contributed by atoms with Crippen LogP contribution >= 0.6 is 0 Å². The van der Waals surface area contributed by atoms with Crippen LogP contribution in [0.1, 0.15) is 7.43 Å². The first-order valence-electron chi connectivity index (χ1n) is 8.19. The van der Waals surface area contributed by atoms with E-state index in [2.05, 4.69) is 10.2 Å². The number of azo groups is 1. The third kappa shape index (κ3) is 4.33. The predicted octanol–water partition coefficient (Wildman–Crippen LogP) is 2.36. The fraction of sp³-hybridized carbons (Fsp3) is 0.0476. The molecule has 0 spiro atoms. The summed E-state index contributed by atoms with van der Waals surface area (Å²) in [7, 11) is -4.79. The Labute approximate surface area is 195 Å². The molecule has 0 saturated heterocycles. The van der Waals surface area contributed by atoms with Gasteiger partial charge in [0, 0.05) is 22.2 Å². The van der Waals surface area contributed by atoms with Crippen LogP contribution in [0.4, 0.5) is 11.4 Å². The van der Waals surface area contributed by atoms with Gasteiger partial charge in [-0.3, -0.25) is 0 Å². The predicted molar refractivity (Wildman–Crippen MR) is 110 cm³/mol. The zero-order valence-corrected chi connectivity index (χ0v) is 18.1. The summed E-state index contributed by atoms with van der Waals surface area (Å²) in [5.74, 6) is -0.596. The molecule has 0 aliphatic carbocycles. The SMILES string of the molecule is C.O=S(=O)([O-])c1cc(O)c(N=Nc2c(O)ccc3ccccc23)c2ccccc12.[Na+]. The van der Waals surface area contributed by atoms with Gasteiger partial charge < -0.3 is 14.8 Å². The van der Waals surface area contributed by atoms with Gasteiger partial charge >= 0.3 is 29.6 Å². The second kappa shape index (κ2) is 9.11. The summed E-state index contributed by atoms with van der Waals surface area (Å²) in [6.07, 6.45) is 0. The molecule has 0 amide bonds. The molecule has 4 aromatic carbocycles. The van der Waals surface area contributed by atoms with Gasteiger partial charge in [-0.2, -0.15) is 0 Å². The molecule has 0 unspecified atom stereocenters. The number of phenolic OH excluding ortho intramolecular Hbond substituents is 2. The monoisotopic (exact) mass is 432 g/mol. The number of fused-ring (bicyclic) bond motifs is 2. The van der Waals surface area contributed by atoms with Crippen LogP contribution in [0.2, 0.25) is 0 Å². The Balaban J connectivity index is 0.00000160. The van der Waals surface area contributed by atoms with Crippen molar-refractivity contribution in [1.29, 1.82) is 0 Å². The number of hydrogen-bond acceptors (Lipinski definition) is 7. The van der Waals surface area contributed by atoms with Gasteiger partial charge in [-0.1, -0.05) is 62.0 Å². The van der Waals surface area contributed by atoms with E-state index in [4.69, 9.17) is 0 Å². The Morgan fingerprint density at radius 2 is 1.27 bits per heavy atom. The molecule has 0 radical (unpaired) electrons. The first-order valence-corrected chi connectivity index (χ1v) is 9.60. The molecule has 9 heteroatoms. The van der Waals surface area contributed by atoms with Crippen molar-refractivity contribution in [3.05, 3.63) is 66.7 Å². The van der Waals surface area contributed by atoms with Crippen LogP contribution in [0, 0.1) is 0 Å². The molecule has 4 aromatic rings. The largest absolute Gasteiger partial charge is 1.00 e. The summed E-state index contributed by atoms with van der Waals surface area (Å²) in [6, 6.07) is 17.5. The smallest absolute Gasteiger partial charge is 0.744 e. The number of benzene rings is 4. The van der Waals surface area contributed by atoms with Crippen molar-refractivity contribution >= 4 is 43.0 Å². The van der Waals surface area contributed by atoms with E-state index < -0.39 is 20.8 Å². The van der Waals surface area contributed by atoms with E-state index in [1.54, 1.807) is 30.3 Å². The Morgan fingerprint density at radius 3 is 1.90 bits per heavy atom. The number of aromatic hydroxyl groups is 2. The quantitative estimate of drug-likeness (QED) is 0.292. The van der Waals surface area contributed by atoms with Gasteiger partial charge in [-0.15, -0.1) is 10.2 Å². The molecule has 0 fully saturated rings. The summed E-state index contributed by atoms with van der Waals surface area (Å²) in [5.41, 5.74) is 0.206. The fourth-order valence-corrected chi connectivity index (χ4v) is 3.78. The Morgan fingerprint density at radius 1 is 0.733 bits per heavy atom. The molecular weight excluding hydrogens is 415 g/mol. The van der Waals surface area contributed by atoms with Crippen molar-refractivity contribution in [3.63, 3.8) is 0 Å². The van der Waals surface area contributed by atoms with Gasteiger partial charge in [-0.25, -0.2) is 8.42 Å². The van der Waals surface area contributed by atoms with Crippen molar-refractivity contribution in [2.24, 2.45) is 10.2 Å². The maximum atomic E-state index is 11.5. The molecule has 0 atom stereocenters. The van der Waals surface area contributed by atoms with Gasteiger partial charge in [0.05, 0.1) is 4.90 Å². The topological polar surface area (TPSA) is 122 Å². The average molecular weight is 432 g/mol. The minimum absolute atomic E-state index is 0. The van der Waals surface area contributed by atoms with Gasteiger partial charge in [0.15, 0.2) is 0 Å². The molecular formula is C21H17N2NaO5S. The van der Waals surface area contributed by atoms with Crippen molar-refractivity contribution < 1.29 is 52.7 Å². The molecule has 0 aliphatic rings. The molecule has 148 valence electrons. The van der Waals surface area contributed by atoms with E-state index in [0.717, 1.165) is 11.5 Å². The summed E-state index contributed by atoms with van der Waals surface area (Å²) in [4.78, 5) is -0.535. The zero-order chi connectivity index (χ0) is 19.9. The Kier molecular flexibility index (Phi) is 7.23. The van der Waals surface area contributed by atoms with Crippen molar-refractivity contribution in [1.82, 2.24) is 0 Å². The van der Waals surface area contributed by atoms with E-state index in [1.165, 1.54) is 18.2 Å². The van der Waals surface area contributed by atoms with E-state index in [-0.39, 0.29) is 64.9 Å². The van der Waals surface area contributed by atoms with E-state index in [9.17, 15) is 23.2 Å². The summed E-state index contributed by atoms with van der Waals surface area (Å²) in [5, 5.41) is 30.5. The van der Waals surface area contributed by atoms with Crippen LogP contribution < -0.4 is 29.6 Å². The second-order valence-electron chi connectivity index (χ2n) is 6.10.